The largest absolute Gasteiger partial charge is 0.496 e. The maximum absolute atomic E-state index is 9.50. The molecular formula is C18H13ClN2O2S2. The van der Waals surface area contributed by atoms with Crippen molar-refractivity contribution in [2.75, 3.05) is 14.2 Å². The van der Waals surface area contributed by atoms with Gasteiger partial charge in [0.2, 0.25) is 0 Å². The lowest BCUT2D eigenvalue weighted by molar-refractivity contribution is 0.394. The van der Waals surface area contributed by atoms with E-state index < -0.39 is 0 Å². The van der Waals surface area contributed by atoms with Crippen molar-refractivity contribution >= 4 is 51.0 Å². The van der Waals surface area contributed by atoms with Gasteiger partial charge in [-0.05, 0) is 36.0 Å². The smallest absolute Gasteiger partial charge is 0.156 e. The van der Waals surface area contributed by atoms with Crippen LogP contribution in [-0.4, -0.2) is 19.2 Å². The third-order valence-corrected chi connectivity index (χ3v) is 5.69. The van der Waals surface area contributed by atoms with Crippen LogP contribution in [0.4, 0.5) is 0 Å². The van der Waals surface area contributed by atoms with Gasteiger partial charge in [-0.25, -0.2) is 4.98 Å². The number of hydrogen-bond donors (Lipinski definition) is 0. The molecule has 0 amide bonds. The van der Waals surface area contributed by atoms with E-state index in [9.17, 15) is 5.26 Å². The van der Waals surface area contributed by atoms with Crippen LogP contribution in [-0.2, 0) is 0 Å². The Kier molecular flexibility index (Phi) is 5.49. The van der Waals surface area contributed by atoms with Crippen LogP contribution in [0.25, 0.3) is 16.3 Å². The lowest BCUT2D eigenvalue weighted by Crippen LogP contribution is -1.91. The molecule has 0 atom stereocenters. The predicted molar refractivity (Wildman–Crippen MR) is 104 cm³/mol. The molecule has 0 N–H and O–H groups in total. The Morgan fingerprint density at radius 2 is 2.00 bits per heavy atom. The van der Waals surface area contributed by atoms with Gasteiger partial charge in [0.25, 0.3) is 0 Å². The first-order valence-corrected chi connectivity index (χ1v) is 9.22. The van der Waals surface area contributed by atoms with Gasteiger partial charge in [0.1, 0.15) is 17.6 Å². The van der Waals surface area contributed by atoms with Gasteiger partial charge in [-0.1, -0.05) is 23.7 Å². The topological polar surface area (TPSA) is 55.1 Å². The maximum atomic E-state index is 9.50. The predicted octanol–water partition coefficient (Wildman–Crippen LogP) is 5.62. The van der Waals surface area contributed by atoms with Gasteiger partial charge < -0.3 is 9.47 Å². The molecule has 0 unspecified atom stereocenters. The van der Waals surface area contributed by atoms with Crippen LogP contribution in [0.1, 0.15) is 5.56 Å². The van der Waals surface area contributed by atoms with Crippen molar-refractivity contribution in [2.45, 2.75) is 4.34 Å². The second kappa shape index (κ2) is 7.79. The number of hydrogen-bond acceptors (Lipinski definition) is 6. The highest BCUT2D eigenvalue weighted by molar-refractivity contribution is 8.05. The zero-order chi connectivity index (χ0) is 17.8. The molecular weight excluding hydrogens is 376 g/mol. The Morgan fingerprint density at radius 1 is 1.24 bits per heavy atom. The number of rotatable bonds is 5. The van der Waals surface area contributed by atoms with Crippen molar-refractivity contribution in [1.82, 2.24) is 4.98 Å². The molecule has 7 heteroatoms. The number of ether oxygens (including phenoxy) is 2. The highest BCUT2D eigenvalue weighted by atomic mass is 35.5. The summed E-state index contributed by atoms with van der Waals surface area (Å²) in [5.41, 5.74) is 1.64. The number of nitriles is 1. The molecule has 0 aliphatic carbocycles. The zero-order valence-corrected chi connectivity index (χ0v) is 15.8. The van der Waals surface area contributed by atoms with Gasteiger partial charge >= 0.3 is 0 Å². The van der Waals surface area contributed by atoms with Crippen molar-refractivity contribution < 1.29 is 9.47 Å². The zero-order valence-electron chi connectivity index (χ0n) is 13.4. The molecule has 1 aromatic heterocycles. The van der Waals surface area contributed by atoms with Crippen LogP contribution >= 0.6 is 34.7 Å². The van der Waals surface area contributed by atoms with E-state index in [0.717, 1.165) is 14.6 Å². The fraction of sp³-hybridized carbons (Fsp3) is 0.111. The van der Waals surface area contributed by atoms with Crippen LogP contribution in [0.5, 0.6) is 11.5 Å². The second-order valence-corrected chi connectivity index (χ2v) is 7.63. The summed E-state index contributed by atoms with van der Waals surface area (Å²) < 4.78 is 12.5. The number of aromatic nitrogens is 1. The fourth-order valence-electron chi connectivity index (χ4n) is 2.21. The summed E-state index contributed by atoms with van der Waals surface area (Å²) in [6.07, 6.45) is 1.74. The number of benzene rings is 2. The van der Waals surface area contributed by atoms with Gasteiger partial charge in [0.15, 0.2) is 4.34 Å². The molecule has 2 aromatic carbocycles. The Hall–Kier alpha value is -2.20. The lowest BCUT2D eigenvalue weighted by Gasteiger charge is -2.09. The van der Waals surface area contributed by atoms with Crippen LogP contribution in [0.2, 0.25) is 5.02 Å². The highest BCUT2D eigenvalue weighted by Crippen LogP contribution is 2.37. The lowest BCUT2D eigenvalue weighted by atomic mass is 10.1. The summed E-state index contributed by atoms with van der Waals surface area (Å²) in [4.78, 5) is 5.04. The third-order valence-electron chi connectivity index (χ3n) is 3.37. The van der Waals surface area contributed by atoms with Crippen molar-refractivity contribution in [1.29, 1.82) is 5.26 Å². The van der Waals surface area contributed by atoms with Gasteiger partial charge in [0.05, 0.1) is 34.4 Å². The van der Waals surface area contributed by atoms with Crippen LogP contribution in [0.15, 0.2) is 45.6 Å². The molecule has 25 heavy (non-hydrogen) atoms. The van der Waals surface area contributed by atoms with E-state index in [2.05, 4.69) is 11.1 Å². The van der Waals surface area contributed by atoms with E-state index in [-0.39, 0.29) is 0 Å². The first-order chi connectivity index (χ1) is 12.1. The molecule has 0 spiro atoms. The van der Waals surface area contributed by atoms with Crippen LogP contribution in [0, 0.1) is 11.3 Å². The summed E-state index contributed by atoms with van der Waals surface area (Å²) >= 11 is 9.06. The number of allylic oxidation sites excluding steroid dienone is 1. The molecule has 1 heterocycles. The molecule has 0 fully saturated rings. The first-order valence-electron chi connectivity index (χ1n) is 7.21. The Bertz CT molecular complexity index is 959. The van der Waals surface area contributed by atoms with E-state index in [1.54, 1.807) is 43.8 Å². The fourth-order valence-corrected chi connectivity index (χ4v) is 4.43. The van der Waals surface area contributed by atoms with E-state index in [1.165, 1.54) is 11.8 Å². The van der Waals surface area contributed by atoms with E-state index in [1.807, 2.05) is 24.3 Å². The number of thiazole rings is 1. The molecule has 0 aliphatic heterocycles. The molecule has 0 bridgehead atoms. The number of nitrogens with zero attached hydrogens (tertiary/aromatic N) is 2. The Labute approximate surface area is 158 Å². The van der Waals surface area contributed by atoms with Gasteiger partial charge in [-0.2, -0.15) is 5.26 Å². The molecule has 3 aromatic rings. The average molecular weight is 389 g/mol. The van der Waals surface area contributed by atoms with E-state index >= 15 is 0 Å². The van der Waals surface area contributed by atoms with Crippen molar-refractivity contribution in [3.8, 4) is 17.6 Å². The number of methoxy groups -OCH3 is 2. The maximum Gasteiger partial charge on any atom is 0.156 e. The monoisotopic (exact) mass is 388 g/mol. The van der Waals surface area contributed by atoms with Gasteiger partial charge in [-0.15, -0.1) is 11.3 Å². The molecule has 0 aliphatic rings. The second-order valence-electron chi connectivity index (χ2n) is 4.90. The number of halogens is 1. The van der Waals surface area contributed by atoms with Crippen LogP contribution in [0.3, 0.4) is 0 Å². The third kappa shape index (κ3) is 3.90. The molecule has 0 radical (unpaired) electrons. The summed E-state index contributed by atoms with van der Waals surface area (Å²) in [5, 5.41) is 9.95. The van der Waals surface area contributed by atoms with Crippen LogP contribution < -0.4 is 9.47 Å². The molecule has 0 saturated heterocycles. The van der Waals surface area contributed by atoms with Gasteiger partial charge in [0, 0.05) is 11.6 Å². The Morgan fingerprint density at radius 3 is 2.68 bits per heavy atom. The summed E-state index contributed by atoms with van der Waals surface area (Å²) in [7, 11) is 3.10. The molecule has 3 rings (SSSR count). The Balaban J connectivity index is 1.95. The average Bonchev–Trinajstić information content (AvgIpc) is 3.03. The highest BCUT2D eigenvalue weighted by Gasteiger charge is 2.11. The number of fused-ring (bicyclic) bond motifs is 1. The molecule has 4 nitrogen and oxygen atoms in total. The van der Waals surface area contributed by atoms with Crippen molar-refractivity contribution in [2.24, 2.45) is 0 Å². The quantitative estimate of drug-likeness (QED) is 0.419. The van der Waals surface area contributed by atoms with Crippen molar-refractivity contribution in [3.63, 3.8) is 0 Å². The summed E-state index contributed by atoms with van der Waals surface area (Å²) in [6.45, 7) is 0. The van der Waals surface area contributed by atoms with E-state index in [4.69, 9.17) is 21.1 Å². The minimum absolute atomic E-state index is 0.455. The van der Waals surface area contributed by atoms with E-state index in [0.29, 0.717) is 27.0 Å². The SMILES string of the molecule is COc1cc(OC)c(/C=C(/C#N)Sc2nc3ccccc3s2)cc1Cl. The normalized spacial score (nSPS) is 11.4. The number of para-hydroxylation sites is 1. The minimum Gasteiger partial charge on any atom is -0.496 e. The summed E-state index contributed by atoms with van der Waals surface area (Å²) in [6, 6.07) is 13.5. The summed E-state index contributed by atoms with van der Waals surface area (Å²) in [5.74, 6) is 1.10. The first kappa shape index (κ1) is 17.6. The number of thioether (sulfide) groups is 1. The van der Waals surface area contributed by atoms with Gasteiger partial charge in [-0.3, -0.25) is 0 Å². The minimum atomic E-state index is 0.455. The van der Waals surface area contributed by atoms with Crippen molar-refractivity contribution in [3.05, 3.63) is 51.9 Å². The molecule has 126 valence electrons. The molecule has 0 saturated carbocycles. The standard InChI is InChI=1S/C18H13ClN2O2S2/c1-22-15-9-16(23-2)13(19)8-11(15)7-12(10-20)24-18-21-14-5-3-4-6-17(14)25-18/h3-9H,1-2H3/b12-7-.